The lowest BCUT2D eigenvalue weighted by atomic mass is 10.2. The molecule has 7 heteroatoms. The monoisotopic (exact) mass is 377 g/mol. The summed E-state index contributed by atoms with van der Waals surface area (Å²) in [6, 6.07) is 5.94. The van der Waals surface area contributed by atoms with E-state index in [1.54, 1.807) is 26.2 Å². The minimum Gasteiger partial charge on any atom is -0.477 e. The Morgan fingerprint density at radius 2 is 2.00 bits per heavy atom. The Balaban J connectivity index is 1.53. The van der Waals surface area contributed by atoms with E-state index in [9.17, 15) is 4.79 Å². The summed E-state index contributed by atoms with van der Waals surface area (Å²) in [6.45, 7) is 6.20. The number of hydrogen-bond donors (Lipinski definition) is 0. The first kappa shape index (κ1) is 18.3. The Morgan fingerprint density at radius 1 is 1.18 bits per heavy atom. The van der Waals surface area contributed by atoms with Crippen LogP contribution in [0.2, 0.25) is 0 Å². The molecule has 28 heavy (non-hydrogen) atoms. The van der Waals surface area contributed by atoms with E-state index in [-0.39, 0.29) is 5.56 Å². The lowest BCUT2D eigenvalue weighted by Crippen LogP contribution is -2.22. The fraction of sp³-hybridized carbons (Fsp3) is 0.381. The average molecular weight is 377 g/mol. The fourth-order valence-corrected chi connectivity index (χ4v) is 3.30. The number of pyridine rings is 1. The minimum absolute atomic E-state index is 0.120. The molecule has 0 aliphatic heterocycles. The summed E-state index contributed by atoms with van der Waals surface area (Å²) in [5.74, 6) is 1.99. The highest BCUT2D eigenvalue weighted by Crippen LogP contribution is 2.46. The van der Waals surface area contributed by atoms with Crippen molar-refractivity contribution in [3.63, 3.8) is 0 Å². The van der Waals surface area contributed by atoms with Gasteiger partial charge in [-0.05, 0) is 44.9 Å². The van der Waals surface area contributed by atoms with Crippen LogP contribution in [0.4, 0.5) is 0 Å². The number of ether oxygens (including phenoxy) is 1. The number of nitrogens with zero attached hydrogens (tertiary/aromatic N) is 5. The third-order valence-corrected chi connectivity index (χ3v) is 5.06. The molecule has 1 aliphatic carbocycles. The van der Waals surface area contributed by atoms with E-state index >= 15 is 0 Å². The Labute approximate surface area is 163 Å². The lowest BCUT2D eigenvalue weighted by molar-refractivity contribution is 0.285. The van der Waals surface area contributed by atoms with Crippen molar-refractivity contribution in [3.8, 4) is 17.1 Å². The van der Waals surface area contributed by atoms with Crippen molar-refractivity contribution in [2.75, 3.05) is 6.61 Å². The number of aryl methyl sites for hydroxylation is 4. The van der Waals surface area contributed by atoms with Crippen LogP contribution in [0.15, 0.2) is 35.4 Å². The number of aromatic nitrogens is 5. The maximum atomic E-state index is 11.9. The summed E-state index contributed by atoms with van der Waals surface area (Å²) in [5, 5.41) is 4.34. The molecule has 2 atom stereocenters. The fourth-order valence-electron chi connectivity index (χ4n) is 3.30. The van der Waals surface area contributed by atoms with Crippen LogP contribution in [0.1, 0.15) is 35.0 Å². The normalized spacial score (nSPS) is 18.1. The summed E-state index contributed by atoms with van der Waals surface area (Å²) < 4.78 is 7.40. The first-order valence-corrected chi connectivity index (χ1v) is 9.36. The quantitative estimate of drug-likeness (QED) is 0.680. The minimum atomic E-state index is -0.120. The highest BCUT2D eigenvalue weighted by Gasteiger charge is 2.40. The molecular formula is C21H23N5O2. The topological polar surface area (TPSA) is 82.8 Å². The molecule has 0 N–H and O–H groups in total. The SMILES string of the molecule is Cc1ccc(C2CC2COc2nc(C)ncc2-c2cc(C)c(=O)n(C)n2)nc1. The summed E-state index contributed by atoms with van der Waals surface area (Å²) in [5.41, 5.74) is 4.10. The van der Waals surface area contributed by atoms with Crippen LogP contribution in [0, 0.1) is 26.7 Å². The van der Waals surface area contributed by atoms with Crippen molar-refractivity contribution in [1.82, 2.24) is 24.7 Å². The predicted octanol–water partition coefficient (Wildman–Crippen LogP) is 2.74. The van der Waals surface area contributed by atoms with Gasteiger partial charge in [-0.2, -0.15) is 10.1 Å². The van der Waals surface area contributed by atoms with Crippen LogP contribution in [-0.2, 0) is 7.05 Å². The van der Waals surface area contributed by atoms with Gasteiger partial charge in [0, 0.05) is 42.5 Å². The maximum Gasteiger partial charge on any atom is 0.269 e. The van der Waals surface area contributed by atoms with E-state index in [0.717, 1.165) is 12.1 Å². The molecule has 0 bridgehead atoms. The van der Waals surface area contributed by atoms with E-state index in [1.807, 2.05) is 20.0 Å². The van der Waals surface area contributed by atoms with Gasteiger partial charge < -0.3 is 4.74 Å². The molecule has 0 spiro atoms. The zero-order valence-electron chi connectivity index (χ0n) is 16.5. The van der Waals surface area contributed by atoms with E-state index in [2.05, 4.69) is 32.2 Å². The first-order valence-electron chi connectivity index (χ1n) is 9.36. The van der Waals surface area contributed by atoms with Gasteiger partial charge in [0.25, 0.3) is 5.56 Å². The molecule has 4 rings (SSSR count). The van der Waals surface area contributed by atoms with Crippen LogP contribution in [0.5, 0.6) is 5.88 Å². The van der Waals surface area contributed by atoms with Crippen molar-refractivity contribution in [2.45, 2.75) is 33.1 Å². The largest absolute Gasteiger partial charge is 0.477 e. The van der Waals surface area contributed by atoms with Crippen molar-refractivity contribution in [3.05, 3.63) is 63.6 Å². The van der Waals surface area contributed by atoms with E-state index in [4.69, 9.17) is 4.74 Å². The highest BCUT2D eigenvalue weighted by atomic mass is 16.5. The maximum absolute atomic E-state index is 11.9. The smallest absolute Gasteiger partial charge is 0.269 e. The Bertz CT molecular complexity index is 1050. The Hall–Kier alpha value is -3.09. The van der Waals surface area contributed by atoms with Crippen molar-refractivity contribution in [1.29, 1.82) is 0 Å². The van der Waals surface area contributed by atoms with Crippen molar-refractivity contribution in [2.24, 2.45) is 13.0 Å². The third kappa shape index (κ3) is 3.65. The van der Waals surface area contributed by atoms with E-state index in [1.165, 1.54) is 10.2 Å². The molecule has 144 valence electrons. The summed E-state index contributed by atoms with van der Waals surface area (Å²) in [7, 11) is 1.64. The molecule has 2 unspecified atom stereocenters. The molecule has 1 aliphatic rings. The molecule has 0 radical (unpaired) electrons. The van der Waals surface area contributed by atoms with E-state index < -0.39 is 0 Å². The van der Waals surface area contributed by atoms with Gasteiger partial charge in [0.15, 0.2) is 0 Å². The van der Waals surface area contributed by atoms with Crippen LogP contribution in [0.3, 0.4) is 0 Å². The summed E-state index contributed by atoms with van der Waals surface area (Å²) in [4.78, 5) is 25.2. The molecule has 3 aromatic heterocycles. The third-order valence-electron chi connectivity index (χ3n) is 5.06. The van der Waals surface area contributed by atoms with Crippen LogP contribution >= 0.6 is 0 Å². The van der Waals surface area contributed by atoms with Gasteiger partial charge in [-0.15, -0.1) is 0 Å². The second-order valence-corrected chi connectivity index (χ2v) is 7.45. The Morgan fingerprint density at radius 3 is 2.71 bits per heavy atom. The molecule has 0 amide bonds. The van der Waals surface area contributed by atoms with Gasteiger partial charge in [-0.3, -0.25) is 9.78 Å². The van der Waals surface area contributed by atoms with E-state index in [0.29, 0.717) is 47.0 Å². The standard InChI is InChI=1S/C21H23N5O2/c1-12-5-6-18(23-9-12)16-8-15(16)11-28-20-17(10-22-14(3)24-20)19-7-13(2)21(27)26(4)25-19/h5-7,9-10,15-16H,8,11H2,1-4H3. The molecule has 3 aromatic rings. The number of rotatable bonds is 5. The van der Waals surface area contributed by atoms with Crippen LogP contribution < -0.4 is 10.3 Å². The van der Waals surface area contributed by atoms with Gasteiger partial charge in [-0.25, -0.2) is 9.67 Å². The Kier molecular flexibility index (Phi) is 4.66. The molecule has 3 heterocycles. The van der Waals surface area contributed by atoms with Gasteiger partial charge in [0.2, 0.25) is 5.88 Å². The summed E-state index contributed by atoms with van der Waals surface area (Å²) >= 11 is 0. The van der Waals surface area contributed by atoms with Gasteiger partial charge in [0.1, 0.15) is 5.82 Å². The van der Waals surface area contributed by atoms with Gasteiger partial charge in [0.05, 0.1) is 17.9 Å². The molecular weight excluding hydrogens is 354 g/mol. The molecule has 0 saturated heterocycles. The predicted molar refractivity (Wildman–Crippen MR) is 105 cm³/mol. The zero-order valence-corrected chi connectivity index (χ0v) is 16.5. The van der Waals surface area contributed by atoms with Gasteiger partial charge >= 0.3 is 0 Å². The van der Waals surface area contributed by atoms with Crippen LogP contribution in [-0.4, -0.2) is 31.3 Å². The highest BCUT2D eigenvalue weighted by molar-refractivity contribution is 5.63. The van der Waals surface area contributed by atoms with Gasteiger partial charge in [-0.1, -0.05) is 6.07 Å². The lowest BCUT2D eigenvalue weighted by Gasteiger charge is -2.11. The molecule has 7 nitrogen and oxygen atoms in total. The van der Waals surface area contributed by atoms with Crippen molar-refractivity contribution < 1.29 is 4.74 Å². The summed E-state index contributed by atoms with van der Waals surface area (Å²) in [6.07, 6.45) is 4.67. The van der Waals surface area contributed by atoms with Crippen molar-refractivity contribution >= 4 is 0 Å². The molecule has 1 fully saturated rings. The average Bonchev–Trinajstić information content (AvgIpc) is 3.44. The number of hydrogen-bond acceptors (Lipinski definition) is 6. The van der Waals surface area contributed by atoms with Crippen LogP contribution in [0.25, 0.3) is 11.3 Å². The zero-order chi connectivity index (χ0) is 19.8. The second kappa shape index (κ2) is 7.14. The first-order chi connectivity index (χ1) is 13.4. The molecule has 0 aromatic carbocycles. The molecule has 1 saturated carbocycles. The second-order valence-electron chi connectivity index (χ2n) is 7.45.